The summed E-state index contributed by atoms with van der Waals surface area (Å²) < 4.78 is 46.3. The molecule has 1 N–H and O–H groups in total. The van der Waals surface area contributed by atoms with Crippen molar-refractivity contribution in [2.75, 3.05) is 13.2 Å². The van der Waals surface area contributed by atoms with Gasteiger partial charge in [0.2, 0.25) is 0 Å². The fraction of sp³-hybridized carbons (Fsp3) is 0.250. The van der Waals surface area contributed by atoms with Crippen LogP contribution in [0.1, 0.15) is 16.7 Å². The SMILES string of the molecule is Cc1ccccc1OCC(O)CN(Cc1ccc(F)cc1)Cc1ccc(F)cc1F. The summed E-state index contributed by atoms with van der Waals surface area (Å²) in [5.41, 5.74) is 2.08. The molecule has 0 radical (unpaired) electrons. The van der Waals surface area contributed by atoms with Gasteiger partial charge in [-0.2, -0.15) is 0 Å². The Kier molecular flexibility index (Phi) is 7.49. The first-order valence-corrected chi connectivity index (χ1v) is 9.68. The maximum absolute atomic E-state index is 14.2. The molecule has 0 saturated heterocycles. The summed E-state index contributed by atoms with van der Waals surface area (Å²) in [5, 5.41) is 10.5. The number of aliphatic hydroxyl groups is 1. The number of benzene rings is 3. The van der Waals surface area contributed by atoms with Crippen LogP contribution >= 0.6 is 0 Å². The second-order valence-corrected chi connectivity index (χ2v) is 7.26. The molecule has 0 aliphatic heterocycles. The highest BCUT2D eigenvalue weighted by atomic mass is 19.1. The van der Waals surface area contributed by atoms with Gasteiger partial charge in [-0.15, -0.1) is 0 Å². The average Bonchev–Trinajstić information content (AvgIpc) is 2.71. The summed E-state index contributed by atoms with van der Waals surface area (Å²) in [6.07, 6.45) is -0.839. The topological polar surface area (TPSA) is 32.7 Å². The van der Waals surface area contributed by atoms with E-state index in [0.717, 1.165) is 17.2 Å². The molecule has 3 rings (SSSR count). The van der Waals surface area contributed by atoms with E-state index in [1.165, 1.54) is 24.3 Å². The van der Waals surface area contributed by atoms with Gasteiger partial charge in [-0.25, -0.2) is 13.2 Å². The number of halogens is 3. The van der Waals surface area contributed by atoms with Crippen LogP contribution in [0.25, 0.3) is 0 Å². The predicted octanol–water partition coefficient (Wildman–Crippen LogP) is 4.85. The fourth-order valence-corrected chi connectivity index (χ4v) is 3.18. The van der Waals surface area contributed by atoms with Crippen LogP contribution in [0.4, 0.5) is 13.2 Å². The summed E-state index contributed by atoms with van der Waals surface area (Å²) in [7, 11) is 0. The van der Waals surface area contributed by atoms with Crippen LogP contribution in [0.3, 0.4) is 0 Å². The Labute approximate surface area is 174 Å². The number of hydrogen-bond acceptors (Lipinski definition) is 3. The smallest absolute Gasteiger partial charge is 0.130 e. The highest BCUT2D eigenvalue weighted by Gasteiger charge is 2.16. The van der Waals surface area contributed by atoms with Gasteiger partial charge in [0.1, 0.15) is 35.9 Å². The van der Waals surface area contributed by atoms with Crippen LogP contribution in [0.2, 0.25) is 0 Å². The van der Waals surface area contributed by atoms with Crippen LogP contribution in [0.15, 0.2) is 66.7 Å². The summed E-state index contributed by atoms with van der Waals surface area (Å²) in [6, 6.07) is 16.9. The van der Waals surface area contributed by atoms with E-state index in [0.29, 0.717) is 17.9 Å². The van der Waals surface area contributed by atoms with Crippen molar-refractivity contribution < 1.29 is 23.0 Å². The lowest BCUT2D eigenvalue weighted by Gasteiger charge is -2.26. The number of hydrogen-bond donors (Lipinski definition) is 1. The van der Waals surface area contributed by atoms with Gasteiger partial charge in [-0.05, 0) is 42.3 Å². The molecule has 0 heterocycles. The predicted molar refractivity (Wildman–Crippen MR) is 110 cm³/mol. The number of para-hydroxylation sites is 1. The van der Waals surface area contributed by atoms with Gasteiger partial charge < -0.3 is 9.84 Å². The van der Waals surface area contributed by atoms with Crippen molar-refractivity contribution >= 4 is 0 Å². The lowest BCUT2D eigenvalue weighted by atomic mass is 10.1. The molecule has 0 fully saturated rings. The van der Waals surface area contributed by atoms with Crippen LogP contribution in [-0.4, -0.2) is 29.3 Å². The molecule has 1 unspecified atom stereocenters. The fourth-order valence-electron chi connectivity index (χ4n) is 3.18. The second-order valence-electron chi connectivity index (χ2n) is 7.26. The monoisotopic (exact) mass is 415 g/mol. The quantitative estimate of drug-likeness (QED) is 0.542. The molecule has 0 aliphatic carbocycles. The molecule has 1 atom stereocenters. The normalized spacial score (nSPS) is 12.2. The van der Waals surface area contributed by atoms with Crippen LogP contribution < -0.4 is 4.74 Å². The Morgan fingerprint density at radius 3 is 2.30 bits per heavy atom. The average molecular weight is 415 g/mol. The van der Waals surface area contributed by atoms with E-state index < -0.39 is 17.7 Å². The third kappa shape index (κ3) is 6.34. The zero-order valence-electron chi connectivity index (χ0n) is 16.7. The molecule has 0 bridgehead atoms. The molecule has 0 saturated carbocycles. The second kappa shape index (κ2) is 10.3. The number of aryl methyl sites for hydroxylation is 1. The molecule has 3 aromatic carbocycles. The van der Waals surface area contributed by atoms with Crippen molar-refractivity contribution in [2.45, 2.75) is 26.1 Å². The minimum atomic E-state index is -0.839. The Morgan fingerprint density at radius 2 is 1.60 bits per heavy atom. The maximum Gasteiger partial charge on any atom is 0.130 e. The van der Waals surface area contributed by atoms with Crippen molar-refractivity contribution in [3.63, 3.8) is 0 Å². The highest BCUT2D eigenvalue weighted by molar-refractivity contribution is 5.31. The van der Waals surface area contributed by atoms with Crippen molar-refractivity contribution in [3.05, 3.63) is 101 Å². The highest BCUT2D eigenvalue weighted by Crippen LogP contribution is 2.18. The first-order valence-electron chi connectivity index (χ1n) is 9.68. The minimum Gasteiger partial charge on any atom is -0.491 e. The Balaban J connectivity index is 1.69. The number of nitrogens with zero attached hydrogens (tertiary/aromatic N) is 1. The molecule has 0 amide bonds. The lowest BCUT2D eigenvalue weighted by molar-refractivity contribution is 0.0622. The Morgan fingerprint density at radius 1 is 0.900 bits per heavy atom. The van der Waals surface area contributed by atoms with Crippen molar-refractivity contribution in [3.8, 4) is 5.75 Å². The van der Waals surface area contributed by atoms with Gasteiger partial charge in [0.25, 0.3) is 0 Å². The summed E-state index contributed by atoms with van der Waals surface area (Å²) in [6.45, 7) is 2.69. The first kappa shape index (κ1) is 21.9. The molecule has 6 heteroatoms. The molecule has 0 aromatic heterocycles. The van der Waals surface area contributed by atoms with E-state index in [4.69, 9.17) is 4.74 Å². The van der Waals surface area contributed by atoms with Crippen LogP contribution in [-0.2, 0) is 13.1 Å². The standard InChI is InChI=1S/C24H24F3NO2/c1-17-4-2-3-5-24(17)30-16-22(29)15-28(13-18-6-9-20(25)10-7-18)14-19-8-11-21(26)12-23(19)27/h2-12,22,29H,13-16H2,1H3. The summed E-state index contributed by atoms with van der Waals surface area (Å²) >= 11 is 0. The van der Waals surface area contributed by atoms with E-state index in [-0.39, 0.29) is 25.5 Å². The molecular formula is C24H24F3NO2. The van der Waals surface area contributed by atoms with E-state index in [9.17, 15) is 18.3 Å². The van der Waals surface area contributed by atoms with E-state index in [2.05, 4.69) is 0 Å². The number of rotatable bonds is 9. The molecule has 30 heavy (non-hydrogen) atoms. The molecule has 0 aliphatic rings. The van der Waals surface area contributed by atoms with Gasteiger partial charge in [0, 0.05) is 31.3 Å². The van der Waals surface area contributed by atoms with Gasteiger partial charge in [-0.1, -0.05) is 36.4 Å². The number of aliphatic hydroxyl groups excluding tert-OH is 1. The molecular weight excluding hydrogens is 391 g/mol. The molecule has 0 spiro atoms. The van der Waals surface area contributed by atoms with Gasteiger partial charge in [0.15, 0.2) is 0 Å². The Bertz CT molecular complexity index is 963. The zero-order valence-corrected chi connectivity index (χ0v) is 16.7. The molecule has 158 valence electrons. The molecule has 3 aromatic rings. The van der Waals surface area contributed by atoms with E-state index in [1.54, 1.807) is 12.1 Å². The summed E-state index contributed by atoms with van der Waals surface area (Å²) in [4.78, 5) is 1.81. The minimum absolute atomic E-state index is 0.0661. The zero-order chi connectivity index (χ0) is 21.5. The van der Waals surface area contributed by atoms with E-state index in [1.807, 2.05) is 36.1 Å². The third-order valence-corrected chi connectivity index (χ3v) is 4.72. The van der Waals surface area contributed by atoms with Gasteiger partial charge >= 0.3 is 0 Å². The van der Waals surface area contributed by atoms with Crippen molar-refractivity contribution in [1.29, 1.82) is 0 Å². The van der Waals surface area contributed by atoms with E-state index >= 15 is 0 Å². The summed E-state index contributed by atoms with van der Waals surface area (Å²) in [5.74, 6) is -0.953. The third-order valence-electron chi connectivity index (χ3n) is 4.72. The molecule has 3 nitrogen and oxygen atoms in total. The van der Waals surface area contributed by atoms with Crippen molar-refractivity contribution in [2.24, 2.45) is 0 Å². The largest absolute Gasteiger partial charge is 0.491 e. The van der Waals surface area contributed by atoms with Crippen LogP contribution in [0, 0.1) is 24.4 Å². The Hall–Kier alpha value is -2.83. The van der Waals surface area contributed by atoms with Crippen molar-refractivity contribution in [1.82, 2.24) is 4.90 Å². The first-order chi connectivity index (χ1) is 14.4. The van der Waals surface area contributed by atoms with Crippen LogP contribution in [0.5, 0.6) is 5.75 Å². The lowest BCUT2D eigenvalue weighted by Crippen LogP contribution is -2.35. The van der Waals surface area contributed by atoms with Gasteiger partial charge in [0.05, 0.1) is 0 Å². The van der Waals surface area contributed by atoms with Gasteiger partial charge in [-0.3, -0.25) is 4.90 Å². The number of ether oxygens (including phenoxy) is 1. The maximum atomic E-state index is 14.2.